The van der Waals surface area contributed by atoms with Crippen molar-refractivity contribution in [1.29, 1.82) is 0 Å². The van der Waals surface area contributed by atoms with E-state index in [-0.39, 0.29) is 29.3 Å². The molecule has 9 atom stereocenters. The molecule has 240 valence electrons. The van der Waals surface area contributed by atoms with Crippen molar-refractivity contribution in [1.82, 2.24) is 20.6 Å². The summed E-state index contributed by atoms with van der Waals surface area (Å²) < 4.78 is 6.14. The average Bonchev–Trinajstić information content (AvgIpc) is 3.60. The van der Waals surface area contributed by atoms with Crippen LogP contribution in [0.2, 0.25) is 0 Å². The number of H-pyrrole nitrogens is 1. The summed E-state index contributed by atoms with van der Waals surface area (Å²) in [4.78, 5) is 24.6. The van der Waals surface area contributed by atoms with Gasteiger partial charge >= 0.3 is 11.9 Å². The highest BCUT2D eigenvalue weighted by atomic mass is 16.5. The minimum Gasteiger partial charge on any atom is -0.481 e. The lowest BCUT2D eigenvalue weighted by atomic mass is 9.32. The number of carboxylic acid groups (broad SMARTS) is 1. The number of aromatic nitrogens is 4. The Hall–Kier alpha value is -1.99. The third kappa shape index (κ3) is 4.61. The maximum atomic E-state index is 13.0. The van der Waals surface area contributed by atoms with E-state index in [1.165, 1.54) is 64.2 Å². The van der Waals surface area contributed by atoms with Gasteiger partial charge in [-0.2, -0.15) is 5.21 Å². The number of carbonyl (C=O) groups excluding carboxylic acids is 1. The molecule has 5 saturated carbocycles. The van der Waals surface area contributed by atoms with Crippen LogP contribution >= 0.6 is 0 Å². The minimum absolute atomic E-state index is 0.0882. The Morgan fingerprint density at radius 1 is 0.907 bits per heavy atom. The molecular formula is C35H56N4O4. The smallest absolute Gasteiger partial charge is 0.309 e. The number of tetrazole rings is 1. The first-order chi connectivity index (χ1) is 20.1. The molecule has 1 heterocycles. The van der Waals surface area contributed by atoms with Gasteiger partial charge in [0, 0.05) is 11.8 Å². The number of aliphatic carboxylic acids is 1. The Morgan fingerprint density at radius 2 is 1.67 bits per heavy atom. The molecule has 5 aliphatic rings. The third-order valence-corrected chi connectivity index (χ3v) is 15.2. The maximum absolute atomic E-state index is 13.0. The predicted octanol–water partition coefficient (Wildman–Crippen LogP) is 7.40. The lowest BCUT2D eigenvalue weighted by Crippen LogP contribution is -2.66. The molecule has 2 N–H and O–H groups in total. The molecule has 0 bridgehead atoms. The predicted molar refractivity (Wildman–Crippen MR) is 164 cm³/mol. The van der Waals surface area contributed by atoms with Crippen molar-refractivity contribution in [2.75, 3.05) is 0 Å². The van der Waals surface area contributed by atoms with Crippen LogP contribution in [0.1, 0.15) is 138 Å². The van der Waals surface area contributed by atoms with Gasteiger partial charge in [0.1, 0.15) is 6.10 Å². The number of esters is 1. The van der Waals surface area contributed by atoms with Gasteiger partial charge in [-0.3, -0.25) is 9.59 Å². The van der Waals surface area contributed by atoms with Crippen molar-refractivity contribution in [3.8, 4) is 0 Å². The number of carboxylic acids is 1. The summed E-state index contributed by atoms with van der Waals surface area (Å²) >= 11 is 0. The number of nitrogens with zero attached hydrogens (tertiary/aromatic N) is 3. The summed E-state index contributed by atoms with van der Waals surface area (Å²) in [5.41, 5.74) is 0.0659. The van der Waals surface area contributed by atoms with Crippen LogP contribution in [0.4, 0.5) is 0 Å². The highest BCUT2D eigenvalue weighted by Crippen LogP contribution is 2.77. The van der Waals surface area contributed by atoms with Crippen LogP contribution in [-0.4, -0.2) is 43.8 Å². The lowest BCUT2D eigenvalue weighted by Gasteiger charge is -2.72. The molecule has 0 amide bonds. The normalized spacial score (nSPS) is 43.6. The molecular weight excluding hydrogens is 540 g/mol. The van der Waals surface area contributed by atoms with E-state index in [9.17, 15) is 14.7 Å². The minimum atomic E-state index is -1.12. The van der Waals surface area contributed by atoms with Crippen LogP contribution in [0.5, 0.6) is 0 Å². The van der Waals surface area contributed by atoms with Gasteiger partial charge in [-0.25, -0.2) is 0 Å². The van der Waals surface area contributed by atoms with Crippen molar-refractivity contribution in [2.45, 2.75) is 144 Å². The number of nitrogens with one attached hydrogen (secondary N) is 1. The number of carbonyl (C=O) groups is 2. The highest BCUT2D eigenvalue weighted by molar-refractivity contribution is 5.81. The molecule has 8 nitrogen and oxygen atoms in total. The molecule has 43 heavy (non-hydrogen) atoms. The molecule has 0 aromatic carbocycles. The summed E-state index contributed by atoms with van der Waals surface area (Å²) in [6.45, 7) is 15.8. The van der Waals surface area contributed by atoms with Crippen LogP contribution in [0, 0.1) is 56.2 Å². The molecule has 2 unspecified atom stereocenters. The molecule has 1 aromatic heterocycles. The van der Waals surface area contributed by atoms with E-state index in [0.717, 1.165) is 36.9 Å². The van der Waals surface area contributed by atoms with Gasteiger partial charge in [0.25, 0.3) is 0 Å². The number of ether oxygens (including phenoxy) is 1. The van der Waals surface area contributed by atoms with Gasteiger partial charge < -0.3 is 9.84 Å². The van der Waals surface area contributed by atoms with Gasteiger partial charge in [-0.15, -0.1) is 10.2 Å². The van der Waals surface area contributed by atoms with Crippen molar-refractivity contribution < 1.29 is 19.4 Å². The number of fused-ring (bicyclic) bond motifs is 7. The number of hydrogen-bond donors (Lipinski definition) is 2. The van der Waals surface area contributed by atoms with E-state index >= 15 is 0 Å². The Morgan fingerprint density at radius 3 is 2.37 bits per heavy atom. The van der Waals surface area contributed by atoms with E-state index in [0.29, 0.717) is 28.1 Å². The number of hydrogen-bond acceptors (Lipinski definition) is 6. The van der Waals surface area contributed by atoms with E-state index in [1.807, 2.05) is 0 Å². The van der Waals surface area contributed by atoms with Gasteiger partial charge in [0.2, 0.25) is 0 Å². The van der Waals surface area contributed by atoms with Crippen LogP contribution in [-0.2, 0) is 20.7 Å². The summed E-state index contributed by atoms with van der Waals surface area (Å²) in [6.07, 6.45) is 15.7. The third-order valence-electron chi connectivity index (χ3n) is 15.2. The molecule has 5 aliphatic carbocycles. The lowest BCUT2D eigenvalue weighted by molar-refractivity contribution is -0.248. The topological polar surface area (TPSA) is 118 Å². The zero-order valence-corrected chi connectivity index (χ0v) is 27.8. The molecule has 5 fully saturated rings. The largest absolute Gasteiger partial charge is 0.481 e. The fraction of sp³-hybridized carbons (Fsp3) is 0.914. The molecule has 0 radical (unpaired) electrons. The zero-order chi connectivity index (χ0) is 31.1. The molecule has 8 heteroatoms. The molecule has 0 saturated heterocycles. The molecule has 0 spiro atoms. The van der Waals surface area contributed by atoms with Crippen LogP contribution in [0.25, 0.3) is 0 Å². The SMILES string of the molecule is CC(C)(CC(=O)O[C@H]1CC[C@@]2(C)C(CC[C@]3(C)C2CC[C@@H]2[C@H]4CCC[C@]4(CCc4nn[nH]n4)CC[C@]23C)C1(C)C)C(=O)O. The molecule has 6 rings (SSSR count). The molecule has 1 aromatic rings. The van der Waals surface area contributed by atoms with Crippen LogP contribution in [0.15, 0.2) is 0 Å². The van der Waals surface area contributed by atoms with E-state index in [1.54, 1.807) is 13.8 Å². The van der Waals surface area contributed by atoms with E-state index in [4.69, 9.17) is 4.74 Å². The second-order valence-electron chi connectivity index (χ2n) is 17.6. The van der Waals surface area contributed by atoms with Gasteiger partial charge in [0.15, 0.2) is 5.82 Å². The second-order valence-corrected chi connectivity index (χ2v) is 17.6. The summed E-state index contributed by atoms with van der Waals surface area (Å²) in [6, 6.07) is 0. The molecule has 0 aliphatic heterocycles. The van der Waals surface area contributed by atoms with Gasteiger partial charge in [-0.05, 0) is 130 Å². The Balaban J connectivity index is 1.21. The summed E-state index contributed by atoms with van der Waals surface area (Å²) in [7, 11) is 0. The fourth-order valence-corrected chi connectivity index (χ4v) is 12.6. The summed E-state index contributed by atoms with van der Waals surface area (Å²) in [5.74, 6) is 2.30. The van der Waals surface area contributed by atoms with Gasteiger partial charge in [0.05, 0.1) is 11.8 Å². The van der Waals surface area contributed by atoms with Crippen molar-refractivity contribution >= 4 is 11.9 Å². The standard InChI is InChI=1S/C35H56N4O4/c1-30(2,29(41)42)21-28(40)43-26-13-16-32(5)24(31(26,3)4)12-17-34(7)25(32)11-10-22-23-9-8-15-35(23,20-19-33(22,34)6)18-14-27-36-38-39-37-27/h22-26H,8-21H2,1-7H3,(H,41,42)(H,36,37,38,39)/t22-,23-,24?,25?,26+,32+,33-,34-,35+/m1/s1. The number of aromatic amines is 1. The highest BCUT2D eigenvalue weighted by Gasteiger charge is 2.70. The summed E-state index contributed by atoms with van der Waals surface area (Å²) in [5, 5.41) is 24.5. The average molecular weight is 597 g/mol. The van der Waals surface area contributed by atoms with E-state index in [2.05, 4.69) is 55.2 Å². The van der Waals surface area contributed by atoms with Crippen LogP contribution < -0.4 is 0 Å². The van der Waals surface area contributed by atoms with Crippen LogP contribution in [0.3, 0.4) is 0 Å². The Kier molecular flexibility index (Phi) is 7.40. The first-order valence-corrected chi connectivity index (χ1v) is 17.2. The quantitative estimate of drug-likeness (QED) is 0.315. The number of rotatable bonds is 7. The second kappa shape index (κ2) is 10.3. The van der Waals surface area contributed by atoms with E-state index < -0.39 is 11.4 Å². The van der Waals surface area contributed by atoms with Crippen molar-refractivity contribution in [3.05, 3.63) is 5.82 Å². The fourth-order valence-electron chi connectivity index (χ4n) is 12.6. The van der Waals surface area contributed by atoms with Gasteiger partial charge in [-0.1, -0.05) is 46.3 Å². The van der Waals surface area contributed by atoms with Crippen molar-refractivity contribution in [3.63, 3.8) is 0 Å². The van der Waals surface area contributed by atoms with Crippen molar-refractivity contribution in [2.24, 2.45) is 56.2 Å². The Bertz CT molecular complexity index is 1230. The Labute approximate surface area is 258 Å². The first kappa shape index (κ1) is 31.0. The zero-order valence-electron chi connectivity index (χ0n) is 27.8. The maximum Gasteiger partial charge on any atom is 0.309 e. The number of aryl methyl sites for hydroxylation is 1. The monoisotopic (exact) mass is 596 g/mol. The first-order valence-electron chi connectivity index (χ1n) is 17.2.